The summed E-state index contributed by atoms with van der Waals surface area (Å²) in [6.07, 6.45) is 2.32. The number of nitrogens with zero attached hydrogens (tertiary/aromatic N) is 2. The number of hydrogen-bond acceptors (Lipinski definition) is 5. The standard InChI is InChI=1S/C14H27N5/c1-6-11(7-2)10(5)16-12-8-13(19-15)18-14(17-12)9(3)4/h8-11H,6-7,15H2,1-5H3,(H2,16,17,18,19). The average molecular weight is 265 g/mol. The van der Waals surface area contributed by atoms with E-state index in [0.29, 0.717) is 17.8 Å². The monoisotopic (exact) mass is 265 g/mol. The Bertz CT molecular complexity index is 387. The highest BCUT2D eigenvalue weighted by Crippen LogP contribution is 2.20. The van der Waals surface area contributed by atoms with Gasteiger partial charge in [-0.2, -0.15) is 0 Å². The minimum Gasteiger partial charge on any atom is -0.367 e. The summed E-state index contributed by atoms with van der Waals surface area (Å²) in [7, 11) is 0. The van der Waals surface area contributed by atoms with E-state index in [9.17, 15) is 0 Å². The van der Waals surface area contributed by atoms with E-state index in [4.69, 9.17) is 5.84 Å². The van der Waals surface area contributed by atoms with Crippen LogP contribution in [0.2, 0.25) is 0 Å². The van der Waals surface area contributed by atoms with E-state index >= 15 is 0 Å². The molecule has 0 aliphatic heterocycles. The Labute approximate surface area is 116 Å². The molecule has 1 unspecified atom stereocenters. The number of anilines is 2. The van der Waals surface area contributed by atoms with Crippen molar-refractivity contribution in [2.45, 2.75) is 59.4 Å². The highest BCUT2D eigenvalue weighted by atomic mass is 15.3. The van der Waals surface area contributed by atoms with Crippen molar-refractivity contribution < 1.29 is 0 Å². The predicted octanol–water partition coefficient (Wildman–Crippen LogP) is 3.12. The van der Waals surface area contributed by atoms with Crippen molar-refractivity contribution in [1.82, 2.24) is 9.97 Å². The summed E-state index contributed by atoms with van der Waals surface area (Å²) in [4.78, 5) is 8.91. The quantitative estimate of drug-likeness (QED) is 0.521. The van der Waals surface area contributed by atoms with Crippen LogP contribution in [0.5, 0.6) is 0 Å². The van der Waals surface area contributed by atoms with Gasteiger partial charge in [-0.05, 0) is 12.8 Å². The molecule has 1 aromatic rings. The zero-order chi connectivity index (χ0) is 14.4. The van der Waals surface area contributed by atoms with Crippen LogP contribution < -0.4 is 16.6 Å². The Morgan fingerprint density at radius 1 is 1.11 bits per heavy atom. The third-order valence-electron chi connectivity index (χ3n) is 3.54. The van der Waals surface area contributed by atoms with Crippen LogP contribution in [0.15, 0.2) is 6.07 Å². The van der Waals surface area contributed by atoms with Crippen molar-refractivity contribution >= 4 is 11.6 Å². The van der Waals surface area contributed by atoms with E-state index in [1.54, 1.807) is 0 Å². The van der Waals surface area contributed by atoms with Crippen LogP contribution in [-0.2, 0) is 0 Å². The zero-order valence-corrected chi connectivity index (χ0v) is 12.7. The molecule has 1 aromatic heterocycles. The highest BCUT2D eigenvalue weighted by molar-refractivity contribution is 5.47. The first-order valence-corrected chi connectivity index (χ1v) is 7.13. The van der Waals surface area contributed by atoms with Crippen LogP contribution >= 0.6 is 0 Å². The van der Waals surface area contributed by atoms with Gasteiger partial charge in [-0.1, -0.05) is 40.5 Å². The molecule has 1 atom stereocenters. The number of hydrazine groups is 1. The number of nitrogens with one attached hydrogen (secondary N) is 2. The van der Waals surface area contributed by atoms with Crippen LogP contribution in [0.3, 0.4) is 0 Å². The molecule has 1 rings (SSSR count). The van der Waals surface area contributed by atoms with Gasteiger partial charge in [0.05, 0.1) is 0 Å². The van der Waals surface area contributed by atoms with E-state index in [0.717, 1.165) is 24.5 Å². The number of nitrogen functional groups attached to an aromatic ring is 1. The lowest BCUT2D eigenvalue weighted by molar-refractivity contribution is 0.437. The molecule has 0 aromatic carbocycles. The van der Waals surface area contributed by atoms with Crippen LogP contribution in [0.1, 0.15) is 59.2 Å². The SMILES string of the molecule is CCC(CC)C(C)Nc1cc(NN)nc(C(C)C)n1. The van der Waals surface area contributed by atoms with Crippen LogP contribution in [0, 0.1) is 5.92 Å². The highest BCUT2D eigenvalue weighted by Gasteiger charge is 2.15. The molecule has 0 fully saturated rings. The second-order valence-electron chi connectivity index (χ2n) is 5.31. The molecule has 0 amide bonds. The van der Waals surface area contributed by atoms with Crippen molar-refractivity contribution in [2.75, 3.05) is 10.7 Å². The topological polar surface area (TPSA) is 75.9 Å². The van der Waals surface area contributed by atoms with Crippen LogP contribution in [0.4, 0.5) is 11.6 Å². The summed E-state index contributed by atoms with van der Waals surface area (Å²) in [5, 5.41) is 3.47. The Balaban J connectivity index is 2.90. The van der Waals surface area contributed by atoms with Gasteiger partial charge in [0.1, 0.15) is 17.5 Å². The maximum atomic E-state index is 5.46. The minimum atomic E-state index is 0.275. The molecule has 1 heterocycles. The largest absolute Gasteiger partial charge is 0.367 e. The Kier molecular flexibility index (Phi) is 6.02. The first-order chi connectivity index (χ1) is 9.01. The second-order valence-corrected chi connectivity index (χ2v) is 5.31. The number of nitrogens with two attached hydrogens (primary N) is 1. The van der Waals surface area contributed by atoms with E-state index in [1.807, 2.05) is 6.07 Å². The van der Waals surface area contributed by atoms with Gasteiger partial charge in [0.2, 0.25) is 0 Å². The Morgan fingerprint density at radius 2 is 1.68 bits per heavy atom. The first-order valence-electron chi connectivity index (χ1n) is 7.13. The lowest BCUT2D eigenvalue weighted by Gasteiger charge is -2.23. The minimum absolute atomic E-state index is 0.275. The molecule has 0 radical (unpaired) electrons. The van der Waals surface area contributed by atoms with E-state index in [2.05, 4.69) is 55.3 Å². The molecule has 0 saturated heterocycles. The van der Waals surface area contributed by atoms with Gasteiger partial charge in [0.15, 0.2) is 0 Å². The third-order valence-corrected chi connectivity index (χ3v) is 3.54. The Morgan fingerprint density at radius 3 is 2.16 bits per heavy atom. The van der Waals surface area contributed by atoms with E-state index < -0.39 is 0 Å². The third kappa shape index (κ3) is 4.35. The molecule has 19 heavy (non-hydrogen) atoms. The lowest BCUT2D eigenvalue weighted by atomic mass is 9.95. The molecule has 0 bridgehead atoms. The second kappa shape index (κ2) is 7.28. The van der Waals surface area contributed by atoms with Crippen LogP contribution in [-0.4, -0.2) is 16.0 Å². The fourth-order valence-corrected chi connectivity index (χ4v) is 2.22. The van der Waals surface area contributed by atoms with Crippen molar-refractivity contribution in [3.05, 3.63) is 11.9 Å². The number of hydrogen-bond donors (Lipinski definition) is 3. The van der Waals surface area contributed by atoms with E-state index in [-0.39, 0.29) is 5.92 Å². The van der Waals surface area contributed by atoms with Gasteiger partial charge in [0.25, 0.3) is 0 Å². The van der Waals surface area contributed by atoms with Gasteiger partial charge in [-0.25, -0.2) is 15.8 Å². The zero-order valence-electron chi connectivity index (χ0n) is 12.7. The first kappa shape index (κ1) is 15.7. The number of rotatable bonds is 7. The molecule has 5 nitrogen and oxygen atoms in total. The summed E-state index contributed by atoms with van der Waals surface area (Å²) in [5.41, 5.74) is 2.60. The molecule has 5 heteroatoms. The maximum absolute atomic E-state index is 5.46. The summed E-state index contributed by atoms with van der Waals surface area (Å²) < 4.78 is 0. The molecular weight excluding hydrogens is 238 g/mol. The average Bonchev–Trinajstić information content (AvgIpc) is 2.39. The molecule has 108 valence electrons. The van der Waals surface area contributed by atoms with E-state index in [1.165, 1.54) is 0 Å². The summed E-state index contributed by atoms with van der Waals surface area (Å²) in [6.45, 7) is 10.8. The smallest absolute Gasteiger partial charge is 0.145 e. The number of aromatic nitrogens is 2. The van der Waals surface area contributed by atoms with Gasteiger partial charge in [-0.15, -0.1) is 0 Å². The molecular formula is C14H27N5. The maximum Gasteiger partial charge on any atom is 0.145 e. The normalized spacial score (nSPS) is 12.8. The lowest BCUT2D eigenvalue weighted by Crippen LogP contribution is -2.26. The van der Waals surface area contributed by atoms with Gasteiger partial charge >= 0.3 is 0 Å². The van der Waals surface area contributed by atoms with Crippen molar-refractivity contribution in [2.24, 2.45) is 11.8 Å². The van der Waals surface area contributed by atoms with Crippen LogP contribution in [0.25, 0.3) is 0 Å². The van der Waals surface area contributed by atoms with Crippen molar-refractivity contribution in [3.63, 3.8) is 0 Å². The van der Waals surface area contributed by atoms with Crippen molar-refractivity contribution in [3.8, 4) is 0 Å². The summed E-state index contributed by atoms with van der Waals surface area (Å²) >= 11 is 0. The van der Waals surface area contributed by atoms with Gasteiger partial charge in [0, 0.05) is 18.0 Å². The fourth-order valence-electron chi connectivity index (χ4n) is 2.22. The molecule has 4 N–H and O–H groups in total. The van der Waals surface area contributed by atoms with Gasteiger partial charge < -0.3 is 10.7 Å². The Hall–Kier alpha value is -1.36. The van der Waals surface area contributed by atoms with Gasteiger partial charge in [-0.3, -0.25) is 0 Å². The summed E-state index contributed by atoms with van der Waals surface area (Å²) in [5.74, 6) is 8.67. The van der Waals surface area contributed by atoms with Crippen molar-refractivity contribution in [1.29, 1.82) is 0 Å². The molecule has 0 aliphatic carbocycles. The molecule has 0 spiro atoms. The molecule has 0 aliphatic rings. The molecule has 0 saturated carbocycles. The summed E-state index contributed by atoms with van der Waals surface area (Å²) in [6, 6.07) is 2.24. The predicted molar refractivity (Wildman–Crippen MR) is 81.1 cm³/mol. The fraction of sp³-hybridized carbons (Fsp3) is 0.714.